The number of benzene rings is 3. The van der Waals surface area contributed by atoms with Crippen molar-refractivity contribution in [1.82, 2.24) is 0 Å². The molecule has 3 aromatic carbocycles. The monoisotopic (exact) mass is 460 g/mol. The number of carboxylic acid groups (broad SMARTS) is 1. The van der Waals surface area contributed by atoms with E-state index in [4.69, 9.17) is 18.9 Å². The Morgan fingerprint density at radius 3 is 2.24 bits per heavy atom. The predicted molar refractivity (Wildman–Crippen MR) is 126 cm³/mol. The third-order valence-electron chi connectivity index (χ3n) is 5.64. The standard InChI is InChI=1S/C27H24O7/c1-16-12-17(4-10-22(16)32-3)13-21(26(28)18-5-8-20(31-2)9-6-18)25(27(29)30)19-7-11-23-24(14-19)34-15-33-23/h4-12,14H,13,15H2,1-3H3,(H,29,30). The van der Waals surface area contributed by atoms with Crippen LogP contribution < -0.4 is 18.9 Å². The van der Waals surface area contributed by atoms with E-state index in [2.05, 4.69) is 0 Å². The number of rotatable bonds is 8. The molecule has 4 rings (SSSR count). The van der Waals surface area contributed by atoms with E-state index >= 15 is 0 Å². The number of carbonyl (C=O) groups is 2. The Balaban J connectivity index is 1.86. The topological polar surface area (TPSA) is 91.3 Å². The molecule has 0 unspecified atom stereocenters. The molecule has 34 heavy (non-hydrogen) atoms. The molecular formula is C27H24O7. The lowest BCUT2D eigenvalue weighted by atomic mass is 9.89. The lowest BCUT2D eigenvalue weighted by molar-refractivity contribution is -0.130. The van der Waals surface area contributed by atoms with Crippen molar-refractivity contribution in [2.75, 3.05) is 21.0 Å². The molecule has 1 aliphatic heterocycles. The van der Waals surface area contributed by atoms with Crippen LogP contribution in [-0.2, 0) is 11.2 Å². The fourth-order valence-corrected chi connectivity index (χ4v) is 3.93. The first kappa shape index (κ1) is 22.9. The molecule has 0 saturated heterocycles. The Hall–Kier alpha value is -4.26. The molecule has 0 radical (unpaired) electrons. The summed E-state index contributed by atoms with van der Waals surface area (Å²) in [5.74, 6) is 0.689. The molecule has 0 saturated carbocycles. The lowest BCUT2D eigenvalue weighted by Gasteiger charge is -2.15. The van der Waals surface area contributed by atoms with Gasteiger partial charge in [-0.1, -0.05) is 18.2 Å². The van der Waals surface area contributed by atoms with Crippen LogP contribution >= 0.6 is 0 Å². The number of hydrogen-bond donors (Lipinski definition) is 1. The molecule has 0 aliphatic carbocycles. The maximum atomic E-state index is 13.7. The van der Waals surface area contributed by atoms with Crippen LogP contribution in [0, 0.1) is 6.92 Å². The zero-order valence-electron chi connectivity index (χ0n) is 19.1. The molecule has 7 heteroatoms. The first-order valence-electron chi connectivity index (χ1n) is 10.6. The summed E-state index contributed by atoms with van der Waals surface area (Å²) >= 11 is 0. The molecule has 1 N–H and O–H groups in total. The van der Waals surface area contributed by atoms with E-state index in [0.717, 1.165) is 11.1 Å². The van der Waals surface area contributed by atoms with Gasteiger partial charge < -0.3 is 24.1 Å². The molecule has 0 bridgehead atoms. The van der Waals surface area contributed by atoms with Crippen LogP contribution in [0.1, 0.15) is 27.0 Å². The van der Waals surface area contributed by atoms with Gasteiger partial charge in [-0.05, 0) is 66.1 Å². The summed E-state index contributed by atoms with van der Waals surface area (Å²) in [5.41, 5.74) is 2.46. The highest BCUT2D eigenvalue weighted by Crippen LogP contribution is 2.36. The predicted octanol–water partition coefficient (Wildman–Crippen LogP) is 4.70. The number of aryl methyl sites for hydroxylation is 1. The Labute approximate surface area is 197 Å². The van der Waals surface area contributed by atoms with Gasteiger partial charge in [-0.3, -0.25) is 4.79 Å². The summed E-state index contributed by atoms with van der Waals surface area (Å²) in [6.45, 7) is 1.96. The van der Waals surface area contributed by atoms with Crippen LogP contribution in [0.2, 0.25) is 0 Å². The third kappa shape index (κ3) is 4.59. The molecule has 3 aromatic rings. The summed E-state index contributed by atoms with van der Waals surface area (Å²) in [4.78, 5) is 26.2. The van der Waals surface area contributed by atoms with E-state index in [9.17, 15) is 14.7 Å². The summed E-state index contributed by atoms with van der Waals surface area (Å²) < 4.78 is 21.3. The second-order valence-electron chi connectivity index (χ2n) is 7.77. The van der Waals surface area contributed by atoms with Crippen molar-refractivity contribution in [3.8, 4) is 23.0 Å². The largest absolute Gasteiger partial charge is 0.497 e. The Bertz CT molecular complexity index is 1270. The lowest BCUT2D eigenvalue weighted by Crippen LogP contribution is -2.14. The number of aliphatic carboxylic acids is 1. The zero-order valence-corrected chi connectivity index (χ0v) is 19.1. The number of allylic oxidation sites excluding steroid dienone is 1. The second-order valence-corrected chi connectivity index (χ2v) is 7.77. The van der Waals surface area contributed by atoms with Crippen molar-refractivity contribution in [1.29, 1.82) is 0 Å². The highest BCUT2D eigenvalue weighted by Gasteiger charge is 2.26. The number of carbonyl (C=O) groups excluding carboxylic acids is 1. The van der Waals surface area contributed by atoms with Crippen LogP contribution in [0.15, 0.2) is 66.2 Å². The summed E-state index contributed by atoms with van der Waals surface area (Å²) in [6, 6.07) is 17.0. The van der Waals surface area contributed by atoms with E-state index in [-0.39, 0.29) is 30.1 Å². The number of hydrogen-bond acceptors (Lipinski definition) is 6. The highest BCUT2D eigenvalue weighted by atomic mass is 16.7. The van der Waals surface area contributed by atoms with E-state index in [1.54, 1.807) is 55.6 Å². The minimum absolute atomic E-state index is 0.0632. The van der Waals surface area contributed by atoms with Gasteiger partial charge in [0.15, 0.2) is 17.3 Å². The second kappa shape index (κ2) is 9.70. The molecular weight excluding hydrogens is 436 g/mol. The SMILES string of the molecule is COc1ccc(C(=O)C(Cc2ccc(OC)c(C)c2)=C(C(=O)O)c2ccc3c(c2)OCO3)cc1. The number of ether oxygens (including phenoxy) is 4. The maximum Gasteiger partial charge on any atom is 0.336 e. The summed E-state index contributed by atoms with van der Waals surface area (Å²) in [7, 11) is 3.12. The number of fused-ring (bicyclic) bond motifs is 1. The quantitative estimate of drug-likeness (QED) is 0.385. The first-order chi connectivity index (χ1) is 16.4. The number of ketones is 1. The Morgan fingerprint density at radius 1 is 0.882 bits per heavy atom. The maximum absolute atomic E-state index is 13.7. The number of methoxy groups -OCH3 is 2. The third-order valence-corrected chi connectivity index (χ3v) is 5.64. The van der Waals surface area contributed by atoms with Crippen molar-refractivity contribution >= 4 is 17.3 Å². The molecule has 0 fully saturated rings. The Kier molecular flexibility index (Phi) is 6.54. The van der Waals surface area contributed by atoms with Gasteiger partial charge in [0, 0.05) is 17.6 Å². The van der Waals surface area contributed by atoms with Crippen molar-refractivity contribution in [3.05, 3.63) is 88.5 Å². The molecule has 7 nitrogen and oxygen atoms in total. The molecule has 174 valence electrons. The highest BCUT2D eigenvalue weighted by molar-refractivity contribution is 6.26. The van der Waals surface area contributed by atoms with E-state index in [0.29, 0.717) is 34.1 Å². The van der Waals surface area contributed by atoms with Crippen molar-refractivity contribution in [2.45, 2.75) is 13.3 Å². The molecule has 1 aliphatic rings. The average molecular weight is 460 g/mol. The number of carboxylic acids is 1. The summed E-state index contributed by atoms with van der Waals surface area (Å²) in [5, 5.41) is 10.2. The molecule has 0 spiro atoms. The van der Waals surface area contributed by atoms with Gasteiger partial charge >= 0.3 is 5.97 Å². The van der Waals surface area contributed by atoms with Crippen molar-refractivity contribution in [3.63, 3.8) is 0 Å². The van der Waals surface area contributed by atoms with Crippen LogP contribution in [-0.4, -0.2) is 37.9 Å². The van der Waals surface area contributed by atoms with Crippen LogP contribution in [0.5, 0.6) is 23.0 Å². The summed E-state index contributed by atoms with van der Waals surface area (Å²) in [6.07, 6.45) is 0.117. The van der Waals surface area contributed by atoms with Gasteiger partial charge in [-0.25, -0.2) is 4.79 Å². The van der Waals surface area contributed by atoms with Crippen molar-refractivity contribution in [2.24, 2.45) is 0 Å². The van der Waals surface area contributed by atoms with Gasteiger partial charge in [0.05, 0.1) is 19.8 Å². The van der Waals surface area contributed by atoms with E-state index in [1.807, 2.05) is 19.1 Å². The van der Waals surface area contributed by atoms with Gasteiger partial charge in [0.1, 0.15) is 11.5 Å². The Morgan fingerprint density at radius 2 is 1.59 bits per heavy atom. The van der Waals surface area contributed by atoms with Gasteiger partial charge in [-0.15, -0.1) is 0 Å². The van der Waals surface area contributed by atoms with Gasteiger partial charge in [-0.2, -0.15) is 0 Å². The molecule has 1 heterocycles. The minimum atomic E-state index is -1.21. The average Bonchev–Trinajstić information content (AvgIpc) is 3.31. The molecule has 0 amide bonds. The fourth-order valence-electron chi connectivity index (χ4n) is 3.93. The normalized spacial score (nSPS) is 12.7. The van der Waals surface area contributed by atoms with Crippen LogP contribution in [0.3, 0.4) is 0 Å². The van der Waals surface area contributed by atoms with Gasteiger partial charge in [0.2, 0.25) is 6.79 Å². The molecule has 0 atom stereocenters. The van der Waals surface area contributed by atoms with Crippen LogP contribution in [0.25, 0.3) is 5.57 Å². The van der Waals surface area contributed by atoms with Crippen LogP contribution in [0.4, 0.5) is 0 Å². The van der Waals surface area contributed by atoms with Gasteiger partial charge in [0.25, 0.3) is 0 Å². The van der Waals surface area contributed by atoms with E-state index < -0.39 is 5.97 Å². The smallest absolute Gasteiger partial charge is 0.336 e. The minimum Gasteiger partial charge on any atom is -0.497 e. The molecule has 0 aromatic heterocycles. The zero-order chi connectivity index (χ0) is 24.2. The van der Waals surface area contributed by atoms with Crippen molar-refractivity contribution < 1.29 is 33.6 Å². The fraction of sp³-hybridized carbons (Fsp3) is 0.185. The number of Topliss-reactive ketones (excluding diaryl/α,β-unsaturated/α-hetero) is 1. The van der Waals surface area contributed by atoms with E-state index in [1.165, 1.54) is 7.11 Å². The first-order valence-corrected chi connectivity index (χ1v) is 10.6.